The Hall–Kier alpha value is -0.960. The first-order chi connectivity index (χ1) is 11.2. The van der Waals surface area contributed by atoms with E-state index in [1.165, 1.54) is 48.6 Å². The summed E-state index contributed by atoms with van der Waals surface area (Å²) in [6, 6.07) is 4.63. The summed E-state index contributed by atoms with van der Waals surface area (Å²) in [6.07, 6.45) is 2.41. The summed E-state index contributed by atoms with van der Waals surface area (Å²) < 4.78 is 1.98. The summed E-state index contributed by atoms with van der Waals surface area (Å²) in [4.78, 5) is 15.9. The molecule has 0 spiro atoms. The van der Waals surface area contributed by atoms with Gasteiger partial charge < -0.3 is 5.32 Å². The second-order valence-electron chi connectivity index (χ2n) is 6.04. The van der Waals surface area contributed by atoms with E-state index in [2.05, 4.69) is 27.3 Å². The number of nitrogens with zero attached hydrogens (tertiary/aromatic N) is 3. The predicted molar refractivity (Wildman–Crippen MR) is 93.4 cm³/mol. The van der Waals surface area contributed by atoms with Crippen LogP contribution in [0.4, 0.5) is 0 Å². The van der Waals surface area contributed by atoms with E-state index in [1.54, 1.807) is 17.3 Å². The zero-order valence-corrected chi connectivity index (χ0v) is 15.2. The van der Waals surface area contributed by atoms with Crippen molar-refractivity contribution in [2.45, 2.75) is 40.4 Å². The van der Waals surface area contributed by atoms with Gasteiger partial charge in [0.15, 0.2) is 4.34 Å². The maximum Gasteiger partial charge on any atom is 0.261 e. The number of thiophene rings is 1. The van der Waals surface area contributed by atoms with Crippen LogP contribution in [0.5, 0.6) is 0 Å². The molecule has 3 saturated heterocycles. The van der Waals surface area contributed by atoms with Crippen LogP contribution in [0, 0.1) is 5.92 Å². The normalized spacial score (nSPS) is 29.6. The van der Waals surface area contributed by atoms with Crippen molar-refractivity contribution < 1.29 is 4.79 Å². The third-order valence-corrected chi connectivity index (χ3v) is 7.80. The molecule has 3 aliphatic heterocycles. The topological polar surface area (TPSA) is 58.1 Å². The lowest BCUT2D eigenvalue weighted by atomic mass is 9.79. The molecule has 0 saturated carbocycles. The van der Waals surface area contributed by atoms with Crippen molar-refractivity contribution in [3.05, 3.63) is 22.5 Å². The minimum Gasteiger partial charge on any atom is -0.347 e. The van der Waals surface area contributed by atoms with Crippen molar-refractivity contribution in [2.75, 3.05) is 13.1 Å². The smallest absolute Gasteiger partial charge is 0.261 e. The molecule has 2 bridgehead atoms. The van der Waals surface area contributed by atoms with Gasteiger partial charge in [-0.1, -0.05) is 11.3 Å². The lowest BCUT2D eigenvalue weighted by molar-refractivity contribution is 0.0218. The molecule has 2 unspecified atom stereocenters. The van der Waals surface area contributed by atoms with E-state index in [1.807, 2.05) is 12.1 Å². The zero-order chi connectivity index (χ0) is 15.8. The zero-order valence-electron chi connectivity index (χ0n) is 12.8. The largest absolute Gasteiger partial charge is 0.347 e. The number of amides is 1. The Balaban J connectivity index is 1.42. The Morgan fingerprint density at radius 3 is 2.91 bits per heavy atom. The van der Waals surface area contributed by atoms with Gasteiger partial charge in [0.1, 0.15) is 5.51 Å². The molecule has 23 heavy (non-hydrogen) atoms. The van der Waals surface area contributed by atoms with Gasteiger partial charge in [0.2, 0.25) is 0 Å². The highest BCUT2D eigenvalue weighted by atomic mass is 32.2. The molecule has 1 N–H and O–H groups in total. The predicted octanol–water partition coefficient (Wildman–Crippen LogP) is 2.96. The standard InChI is InChI=1S/C15H18N4OS3/c1-9-13(10-4-6-19(9)7-5-10)17-14(20)11-2-3-12(22-11)23-15-18-16-8-21-15/h2-3,8-10,13H,4-7H2,1H3,(H,17,20). The molecule has 2 atom stereocenters. The highest BCUT2D eigenvalue weighted by molar-refractivity contribution is 8.02. The lowest BCUT2D eigenvalue weighted by Gasteiger charge is -2.49. The fourth-order valence-electron chi connectivity index (χ4n) is 3.56. The minimum absolute atomic E-state index is 0.0599. The number of rotatable bonds is 4. The molecular weight excluding hydrogens is 348 g/mol. The molecule has 0 aromatic carbocycles. The molecule has 0 radical (unpaired) electrons. The SMILES string of the molecule is CC1C(NC(=O)c2ccc(Sc3nncs3)s2)C2CCN1CC2. The molecular formula is C15H18N4OS3. The molecule has 3 fully saturated rings. The number of piperidine rings is 3. The molecule has 5 rings (SSSR count). The number of hydrogen-bond acceptors (Lipinski definition) is 7. The molecule has 122 valence electrons. The fourth-order valence-corrected chi connectivity index (χ4v) is 6.30. The lowest BCUT2D eigenvalue weighted by Crippen LogP contribution is -2.62. The van der Waals surface area contributed by atoms with Crippen LogP contribution in [0.2, 0.25) is 0 Å². The van der Waals surface area contributed by atoms with Crippen LogP contribution in [0.1, 0.15) is 29.4 Å². The Kier molecular flexibility index (Phi) is 4.40. The van der Waals surface area contributed by atoms with Gasteiger partial charge in [-0.15, -0.1) is 21.5 Å². The highest BCUT2D eigenvalue weighted by Crippen LogP contribution is 2.35. The third kappa shape index (κ3) is 3.17. The van der Waals surface area contributed by atoms with Gasteiger partial charge in [-0.25, -0.2) is 0 Å². The first-order valence-electron chi connectivity index (χ1n) is 7.79. The van der Waals surface area contributed by atoms with Gasteiger partial charge in [0.05, 0.1) is 9.09 Å². The van der Waals surface area contributed by atoms with Gasteiger partial charge in [-0.3, -0.25) is 9.69 Å². The van der Waals surface area contributed by atoms with Crippen molar-refractivity contribution in [1.82, 2.24) is 20.4 Å². The van der Waals surface area contributed by atoms with Crippen LogP contribution in [-0.4, -0.2) is 46.2 Å². The van der Waals surface area contributed by atoms with Crippen LogP contribution in [0.25, 0.3) is 0 Å². The van der Waals surface area contributed by atoms with Crippen LogP contribution in [-0.2, 0) is 0 Å². The Bertz CT molecular complexity index is 677. The minimum atomic E-state index is 0.0599. The number of carbonyl (C=O) groups excluding carboxylic acids is 1. The van der Waals surface area contributed by atoms with Crippen LogP contribution in [0.3, 0.4) is 0 Å². The molecule has 8 heteroatoms. The quantitative estimate of drug-likeness (QED) is 0.901. The number of aromatic nitrogens is 2. The van der Waals surface area contributed by atoms with E-state index in [4.69, 9.17) is 0 Å². The molecule has 5 heterocycles. The Morgan fingerprint density at radius 1 is 1.39 bits per heavy atom. The molecule has 3 aliphatic rings. The fraction of sp³-hybridized carbons (Fsp3) is 0.533. The van der Waals surface area contributed by atoms with E-state index in [0.29, 0.717) is 12.0 Å². The maximum atomic E-state index is 12.6. The average Bonchev–Trinajstić information content (AvgIpc) is 3.23. The second kappa shape index (κ2) is 6.51. The number of hydrogen-bond donors (Lipinski definition) is 1. The molecule has 1 amide bonds. The highest BCUT2D eigenvalue weighted by Gasteiger charge is 2.40. The van der Waals surface area contributed by atoms with E-state index in [0.717, 1.165) is 13.4 Å². The average molecular weight is 367 g/mol. The summed E-state index contributed by atoms with van der Waals surface area (Å²) in [7, 11) is 0. The Morgan fingerprint density at radius 2 is 2.22 bits per heavy atom. The monoisotopic (exact) mass is 366 g/mol. The molecule has 2 aromatic rings. The number of fused-ring (bicyclic) bond motifs is 3. The van der Waals surface area contributed by atoms with Gasteiger partial charge in [-0.05, 0) is 62.7 Å². The van der Waals surface area contributed by atoms with Crippen molar-refractivity contribution in [1.29, 1.82) is 0 Å². The van der Waals surface area contributed by atoms with Gasteiger partial charge >= 0.3 is 0 Å². The molecule has 0 aliphatic carbocycles. The van der Waals surface area contributed by atoms with Gasteiger partial charge in [-0.2, -0.15) is 0 Å². The van der Waals surface area contributed by atoms with Crippen LogP contribution < -0.4 is 5.32 Å². The van der Waals surface area contributed by atoms with E-state index in [9.17, 15) is 4.79 Å². The Labute approximate surface area is 147 Å². The summed E-state index contributed by atoms with van der Waals surface area (Å²) in [5, 5.41) is 11.1. The maximum absolute atomic E-state index is 12.6. The first-order valence-corrected chi connectivity index (χ1v) is 10.3. The van der Waals surface area contributed by atoms with E-state index in [-0.39, 0.29) is 11.9 Å². The number of carbonyl (C=O) groups is 1. The summed E-state index contributed by atoms with van der Waals surface area (Å²) >= 11 is 4.61. The summed E-state index contributed by atoms with van der Waals surface area (Å²) in [6.45, 7) is 4.60. The second-order valence-corrected chi connectivity index (χ2v) is 9.50. The van der Waals surface area contributed by atoms with Crippen molar-refractivity contribution in [2.24, 2.45) is 5.92 Å². The van der Waals surface area contributed by atoms with Gasteiger partial charge in [0, 0.05) is 12.1 Å². The van der Waals surface area contributed by atoms with Crippen molar-refractivity contribution in [3.63, 3.8) is 0 Å². The molecule has 2 aromatic heterocycles. The number of nitrogens with one attached hydrogen (secondary N) is 1. The first kappa shape index (κ1) is 15.6. The molecule has 5 nitrogen and oxygen atoms in total. The van der Waals surface area contributed by atoms with Crippen LogP contribution in [0.15, 0.2) is 26.2 Å². The summed E-state index contributed by atoms with van der Waals surface area (Å²) in [5.74, 6) is 0.693. The van der Waals surface area contributed by atoms with E-state index < -0.39 is 0 Å². The summed E-state index contributed by atoms with van der Waals surface area (Å²) in [5.41, 5.74) is 1.72. The van der Waals surface area contributed by atoms with Crippen molar-refractivity contribution >= 4 is 40.3 Å². The van der Waals surface area contributed by atoms with Crippen molar-refractivity contribution in [3.8, 4) is 0 Å². The van der Waals surface area contributed by atoms with Crippen LogP contribution >= 0.6 is 34.4 Å². The van der Waals surface area contributed by atoms with Gasteiger partial charge in [0.25, 0.3) is 5.91 Å². The third-order valence-electron chi connectivity index (χ3n) is 4.81. The van der Waals surface area contributed by atoms with E-state index >= 15 is 0 Å².